The Bertz CT molecular complexity index is 1270. The first kappa shape index (κ1) is 20.7. The molecule has 0 unspecified atom stereocenters. The van der Waals surface area contributed by atoms with Crippen LogP contribution in [0.2, 0.25) is 10.0 Å². The quantitative estimate of drug-likeness (QED) is 0.418. The number of amides is 1. The Morgan fingerprint density at radius 3 is 2.10 bits per heavy atom. The average molecular weight is 451 g/mol. The van der Waals surface area contributed by atoms with E-state index in [1.165, 1.54) is 6.20 Å². The minimum atomic E-state index is -0.532. The van der Waals surface area contributed by atoms with E-state index in [-0.39, 0.29) is 16.0 Å². The molecule has 31 heavy (non-hydrogen) atoms. The molecule has 0 aliphatic heterocycles. The van der Waals surface area contributed by atoms with Crippen LogP contribution in [0, 0.1) is 0 Å². The van der Waals surface area contributed by atoms with Gasteiger partial charge >= 0.3 is 0 Å². The topological polar surface area (TPSA) is 76.0 Å². The third-order valence-electron chi connectivity index (χ3n) is 4.46. The van der Waals surface area contributed by atoms with E-state index >= 15 is 0 Å². The van der Waals surface area contributed by atoms with Crippen molar-refractivity contribution in [2.45, 2.75) is 0 Å². The van der Waals surface area contributed by atoms with Crippen LogP contribution in [-0.2, 0) is 0 Å². The van der Waals surface area contributed by atoms with Crippen molar-refractivity contribution in [3.63, 3.8) is 0 Å². The van der Waals surface area contributed by atoms with E-state index in [0.717, 1.165) is 16.1 Å². The van der Waals surface area contributed by atoms with Gasteiger partial charge in [-0.25, -0.2) is 0 Å². The summed E-state index contributed by atoms with van der Waals surface area (Å²) in [6.07, 6.45) is 1.29. The molecule has 0 radical (unpaired) electrons. The summed E-state index contributed by atoms with van der Waals surface area (Å²) in [5.74, 6) is -0.273. The van der Waals surface area contributed by atoms with Crippen LogP contribution < -0.4 is 16.2 Å². The molecule has 1 amide bonds. The fraction of sp³-hybridized carbons (Fsp3) is 0. The number of hydrogen-bond acceptors (Lipinski definition) is 4. The molecule has 1 heterocycles. The molecule has 0 aliphatic rings. The third-order valence-corrected chi connectivity index (χ3v) is 5.20. The summed E-state index contributed by atoms with van der Waals surface area (Å²) in [5.41, 5.74) is 2.92. The van der Waals surface area contributed by atoms with Crippen molar-refractivity contribution >= 4 is 46.2 Å². The summed E-state index contributed by atoms with van der Waals surface area (Å²) in [7, 11) is 0. The Balaban J connectivity index is 1.44. The summed E-state index contributed by atoms with van der Waals surface area (Å²) >= 11 is 11.7. The van der Waals surface area contributed by atoms with Gasteiger partial charge in [-0.05, 0) is 60.7 Å². The fourth-order valence-electron chi connectivity index (χ4n) is 2.88. The zero-order valence-electron chi connectivity index (χ0n) is 16.0. The maximum absolute atomic E-state index is 12.6. The minimum Gasteiger partial charge on any atom is -0.356 e. The van der Waals surface area contributed by atoms with Crippen LogP contribution in [0.15, 0.2) is 89.9 Å². The number of carbonyl (C=O) groups excluding carboxylic acids is 1. The summed E-state index contributed by atoms with van der Waals surface area (Å²) in [6.45, 7) is 0. The number of halogens is 2. The highest BCUT2D eigenvalue weighted by Crippen LogP contribution is 2.20. The lowest BCUT2D eigenvalue weighted by molar-refractivity contribution is 0.102. The van der Waals surface area contributed by atoms with Crippen molar-refractivity contribution in [2.75, 3.05) is 10.6 Å². The van der Waals surface area contributed by atoms with Crippen LogP contribution in [0.3, 0.4) is 0 Å². The monoisotopic (exact) mass is 450 g/mol. The van der Waals surface area contributed by atoms with Crippen LogP contribution in [-0.4, -0.2) is 15.7 Å². The number of para-hydroxylation sites is 1. The predicted octanol–water partition coefficient (Wildman–Crippen LogP) is 5.54. The first-order valence-electron chi connectivity index (χ1n) is 9.28. The van der Waals surface area contributed by atoms with Crippen LogP contribution >= 0.6 is 23.2 Å². The summed E-state index contributed by atoms with van der Waals surface area (Å²) in [4.78, 5) is 24.7. The van der Waals surface area contributed by atoms with Crippen molar-refractivity contribution < 1.29 is 4.79 Å². The van der Waals surface area contributed by atoms with Crippen LogP contribution in [0.25, 0.3) is 5.69 Å². The van der Waals surface area contributed by atoms with E-state index < -0.39 is 5.56 Å². The largest absolute Gasteiger partial charge is 0.356 e. The van der Waals surface area contributed by atoms with Gasteiger partial charge in [0.15, 0.2) is 0 Å². The van der Waals surface area contributed by atoms with Gasteiger partial charge < -0.3 is 10.6 Å². The maximum Gasteiger partial charge on any atom is 0.291 e. The van der Waals surface area contributed by atoms with Gasteiger partial charge in [0.05, 0.1) is 16.9 Å². The Morgan fingerprint density at radius 2 is 1.42 bits per heavy atom. The lowest BCUT2D eigenvalue weighted by Gasteiger charge is -2.09. The first-order chi connectivity index (χ1) is 15.0. The highest BCUT2D eigenvalue weighted by atomic mass is 35.5. The van der Waals surface area contributed by atoms with Crippen molar-refractivity contribution in [1.82, 2.24) is 9.78 Å². The second-order valence-corrected chi connectivity index (χ2v) is 7.38. The van der Waals surface area contributed by atoms with Gasteiger partial charge in [0.25, 0.3) is 11.5 Å². The third kappa shape index (κ3) is 4.77. The lowest BCUT2D eigenvalue weighted by atomic mass is 10.2. The SMILES string of the molecule is O=C(Nc1ccc(Nc2ccccc2)cc1)c1ccc(-n2ncc(Cl)c(Cl)c2=O)cc1. The molecule has 0 saturated carbocycles. The molecule has 6 nitrogen and oxygen atoms in total. The van der Waals surface area contributed by atoms with Crippen LogP contribution in [0.5, 0.6) is 0 Å². The summed E-state index contributed by atoms with van der Waals surface area (Å²) < 4.78 is 1.12. The molecule has 1 aromatic heterocycles. The van der Waals surface area contributed by atoms with E-state index in [2.05, 4.69) is 15.7 Å². The van der Waals surface area contributed by atoms with Crippen molar-refractivity contribution in [3.8, 4) is 5.69 Å². The van der Waals surface area contributed by atoms with Gasteiger partial charge in [-0.3, -0.25) is 9.59 Å². The Labute approximate surface area is 188 Å². The van der Waals surface area contributed by atoms with Crippen molar-refractivity contribution in [1.29, 1.82) is 0 Å². The van der Waals surface area contributed by atoms with Gasteiger partial charge in [-0.1, -0.05) is 41.4 Å². The van der Waals surface area contributed by atoms with Gasteiger partial charge in [-0.15, -0.1) is 0 Å². The Hall–Kier alpha value is -3.61. The highest BCUT2D eigenvalue weighted by Gasteiger charge is 2.11. The standard InChI is InChI=1S/C23H16Cl2N4O2/c24-20-14-26-29(23(31)21(20)25)19-12-6-15(7-13-19)22(30)28-18-10-8-17(9-11-18)27-16-4-2-1-3-5-16/h1-14,27H,(H,28,30). The van der Waals surface area contributed by atoms with E-state index in [0.29, 0.717) is 16.9 Å². The van der Waals surface area contributed by atoms with E-state index in [1.54, 1.807) is 24.3 Å². The van der Waals surface area contributed by atoms with E-state index in [1.807, 2.05) is 54.6 Å². The highest BCUT2D eigenvalue weighted by molar-refractivity contribution is 6.41. The average Bonchev–Trinajstić information content (AvgIpc) is 2.80. The molecule has 0 aliphatic carbocycles. The zero-order chi connectivity index (χ0) is 21.8. The number of aromatic nitrogens is 2. The van der Waals surface area contributed by atoms with Crippen molar-refractivity contribution in [2.24, 2.45) is 0 Å². The second kappa shape index (κ2) is 9.04. The van der Waals surface area contributed by atoms with E-state index in [4.69, 9.17) is 23.2 Å². The molecule has 0 bridgehead atoms. The molecular formula is C23H16Cl2N4O2. The molecule has 4 aromatic rings. The molecule has 154 valence electrons. The molecule has 0 saturated heterocycles. The van der Waals surface area contributed by atoms with Gasteiger partial charge in [0.1, 0.15) is 5.02 Å². The summed E-state index contributed by atoms with van der Waals surface area (Å²) in [5, 5.41) is 10.1. The van der Waals surface area contributed by atoms with Crippen LogP contribution in [0.4, 0.5) is 17.1 Å². The predicted molar refractivity (Wildman–Crippen MR) is 124 cm³/mol. The van der Waals surface area contributed by atoms with Crippen molar-refractivity contribution in [3.05, 3.63) is 111 Å². The van der Waals surface area contributed by atoms with Gasteiger partial charge in [0.2, 0.25) is 0 Å². The fourth-order valence-corrected chi connectivity index (χ4v) is 3.13. The molecule has 0 fully saturated rings. The smallest absolute Gasteiger partial charge is 0.291 e. The number of nitrogens with one attached hydrogen (secondary N) is 2. The van der Waals surface area contributed by atoms with E-state index in [9.17, 15) is 9.59 Å². The Morgan fingerprint density at radius 1 is 0.806 bits per heavy atom. The molecular weight excluding hydrogens is 435 g/mol. The number of hydrogen-bond donors (Lipinski definition) is 2. The minimum absolute atomic E-state index is 0.0869. The molecule has 0 spiro atoms. The van der Waals surface area contributed by atoms with Gasteiger partial charge in [0, 0.05) is 22.6 Å². The normalized spacial score (nSPS) is 10.5. The number of anilines is 3. The number of rotatable bonds is 5. The zero-order valence-corrected chi connectivity index (χ0v) is 17.6. The number of carbonyl (C=O) groups is 1. The molecule has 0 atom stereocenters. The number of benzene rings is 3. The molecule has 2 N–H and O–H groups in total. The lowest BCUT2D eigenvalue weighted by Crippen LogP contribution is -2.21. The summed E-state index contributed by atoms with van der Waals surface area (Å²) in [6, 6.07) is 23.6. The molecule has 8 heteroatoms. The van der Waals surface area contributed by atoms with Gasteiger partial charge in [-0.2, -0.15) is 9.78 Å². The maximum atomic E-state index is 12.6. The van der Waals surface area contributed by atoms with Crippen LogP contribution in [0.1, 0.15) is 10.4 Å². The molecule has 4 rings (SSSR count). The first-order valence-corrected chi connectivity index (χ1v) is 10.0. The molecule has 3 aromatic carbocycles. The Kier molecular flexibility index (Phi) is 6.02. The second-order valence-electron chi connectivity index (χ2n) is 6.59. The number of nitrogens with zero attached hydrogens (tertiary/aromatic N) is 2.